The fourth-order valence-electron chi connectivity index (χ4n) is 2.75. The molecule has 0 fully saturated rings. The summed E-state index contributed by atoms with van der Waals surface area (Å²) in [5, 5.41) is 9.34. The molecule has 1 heterocycles. The molecular formula is C18H26N4O3. The number of rotatable bonds is 8. The Bertz CT molecular complexity index is 682. The van der Waals surface area contributed by atoms with Crippen LogP contribution in [-0.2, 0) is 0 Å². The second kappa shape index (κ2) is 9.08. The average Bonchev–Trinajstić information content (AvgIpc) is 3.03. The number of carbonyl (C=O) groups is 1. The molecule has 2 N–H and O–H groups in total. The van der Waals surface area contributed by atoms with Crippen molar-refractivity contribution in [3.63, 3.8) is 0 Å². The minimum Gasteiger partial charge on any atom is -0.497 e. The average molecular weight is 346 g/mol. The molecule has 0 radical (unpaired) electrons. The van der Waals surface area contributed by atoms with Gasteiger partial charge in [0, 0.05) is 12.6 Å². The zero-order valence-electron chi connectivity index (χ0n) is 15.2. The zero-order valence-corrected chi connectivity index (χ0v) is 15.2. The van der Waals surface area contributed by atoms with Gasteiger partial charge in [-0.2, -0.15) is 0 Å². The van der Waals surface area contributed by atoms with E-state index in [4.69, 9.17) is 9.26 Å². The molecule has 1 aromatic carbocycles. The normalized spacial score (nSPS) is 12.0. The third-order valence-electron chi connectivity index (χ3n) is 4.06. The molecule has 0 saturated carbocycles. The van der Waals surface area contributed by atoms with Crippen LogP contribution in [0.2, 0.25) is 0 Å². The number of hydrogen-bond donors (Lipinski definition) is 2. The lowest BCUT2D eigenvalue weighted by molar-refractivity contribution is 0.209. The van der Waals surface area contributed by atoms with Crippen molar-refractivity contribution in [3.8, 4) is 5.75 Å². The summed E-state index contributed by atoms with van der Waals surface area (Å²) in [6, 6.07) is 9.33. The van der Waals surface area contributed by atoms with Crippen LogP contribution in [-0.4, -0.2) is 42.8 Å². The van der Waals surface area contributed by atoms with Crippen LogP contribution in [0.3, 0.4) is 0 Å². The highest BCUT2D eigenvalue weighted by Crippen LogP contribution is 2.23. The molecule has 7 nitrogen and oxygen atoms in total. The zero-order chi connectivity index (χ0) is 18.2. The Labute approximate surface area is 148 Å². The van der Waals surface area contributed by atoms with Crippen LogP contribution < -0.4 is 15.4 Å². The van der Waals surface area contributed by atoms with Crippen molar-refractivity contribution < 1.29 is 14.1 Å². The van der Waals surface area contributed by atoms with E-state index in [0.29, 0.717) is 18.1 Å². The van der Waals surface area contributed by atoms with E-state index < -0.39 is 0 Å². The summed E-state index contributed by atoms with van der Waals surface area (Å²) in [6.45, 7) is 8.21. The van der Waals surface area contributed by atoms with Crippen molar-refractivity contribution in [1.82, 2.24) is 15.4 Å². The lowest BCUT2D eigenvalue weighted by Crippen LogP contribution is -2.39. The van der Waals surface area contributed by atoms with Gasteiger partial charge in [-0.05, 0) is 37.7 Å². The van der Waals surface area contributed by atoms with E-state index in [-0.39, 0.29) is 12.1 Å². The monoisotopic (exact) mass is 346 g/mol. The van der Waals surface area contributed by atoms with Gasteiger partial charge in [0.25, 0.3) is 0 Å². The van der Waals surface area contributed by atoms with E-state index in [9.17, 15) is 4.79 Å². The van der Waals surface area contributed by atoms with Gasteiger partial charge in [0.15, 0.2) is 5.82 Å². The quantitative estimate of drug-likeness (QED) is 0.767. The SMILES string of the molecule is CCN(CC)[C@@H](CNC(=O)Nc1cc(C)on1)c1cccc(OC)c1. The molecule has 0 bridgehead atoms. The maximum absolute atomic E-state index is 12.1. The number of likely N-dealkylation sites (N-methyl/N-ethyl adjacent to an activating group) is 1. The van der Waals surface area contributed by atoms with Gasteiger partial charge >= 0.3 is 6.03 Å². The Morgan fingerprint density at radius 1 is 1.32 bits per heavy atom. The molecule has 0 unspecified atom stereocenters. The second-order valence-electron chi connectivity index (χ2n) is 5.67. The molecule has 7 heteroatoms. The van der Waals surface area contributed by atoms with Gasteiger partial charge in [-0.25, -0.2) is 4.79 Å². The summed E-state index contributed by atoms with van der Waals surface area (Å²) in [6.07, 6.45) is 0. The summed E-state index contributed by atoms with van der Waals surface area (Å²) in [7, 11) is 1.65. The molecule has 1 aromatic heterocycles. The molecule has 136 valence electrons. The number of carbonyl (C=O) groups excluding carboxylic acids is 1. The standard InChI is InChI=1S/C18H26N4O3/c1-5-22(6-2)16(14-8-7-9-15(11-14)24-4)12-19-18(23)20-17-10-13(3)25-21-17/h7-11,16H,5-6,12H2,1-4H3,(H2,19,20,21,23)/t16-/m0/s1. The van der Waals surface area contributed by atoms with Crippen LogP contribution >= 0.6 is 0 Å². The Morgan fingerprint density at radius 3 is 2.68 bits per heavy atom. The number of amides is 2. The number of aryl methyl sites for hydroxylation is 1. The van der Waals surface area contributed by atoms with Gasteiger partial charge in [-0.3, -0.25) is 10.2 Å². The molecule has 2 aromatic rings. The minimum atomic E-state index is -0.312. The van der Waals surface area contributed by atoms with Gasteiger partial charge < -0.3 is 14.6 Å². The van der Waals surface area contributed by atoms with Crippen LogP contribution in [0, 0.1) is 6.92 Å². The van der Waals surface area contributed by atoms with E-state index in [2.05, 4.69) is 34.5 Å². The number of aromatic nitrogens is 1. The Hall–Kier alpha value is -2.54. The number of methoxy groups -OCH3 is 1. The molecule has 25 heavy (non-hydrogen) atoms. The van der Waals surface area contributed by atoms with Crippen molar-refractivity contribution >= 4 is 11.8 Å². The number of nitrogens with one attached hydrogen (secondary N) is 2. The van der Waals surface area contributed by atoms with Crippen molar-refractivity contribution in [2.75, 3.05) is 32.1 Å². The predicted octanol–water partition coefficient (Wildman–Crippen LogP) is 3.20. The van der Waals surface area contributed by atoms with Crippen molar-refractivity contribution in [2.45, 2.75) is 26.8 Å². The first-order chi connectivity index (χ1) is 12.1. The first kappa shape index (κ1) is 18.8. The second-order valence-corrected chi connectivity index (χ2v) is 5.67. The summed E-state index contributed by atoms with van der Waals surface area (Å²) in [4.78, 5) is 14.4. The molecule has 2 rings (SSSR count). The van der Waals surface area contributed by atoms with Crippen LogP contribution in [0.25, 0.3) is 0 Å². The third-order valence-corrected chi connectivity index (χ3v) is 4.06. The number of anilines is 1. The number of nitrogens with zero attached hydrogens (tertiary/aromatic N) is 2. The minimum absolute atomic E-state index is 0.0508. The Balaban J connectivity index is 2.06. The molecule has 0 spiro atoms. The highest BCUT2D eigenvalue weighted by molar-refractivity contribution is 5.88. The van der Waals surface area contributed by atoms with Crippen LogP contribution in [0.5, 0.6) is 5.75 Å². The number of hydrogen-bond acceptors (Lipinski definition) is 5. The van der Waals surface area contributed by atoms with Gasteiger partial charge in [0.2, 0.25) is 0 Å². The molecule has 0 aliphatic heterocycles. The maximum atomic E-state index is 12.1. The van der Waals surface area contributed by atoms with Gasteiger partial charge in [0.1, 0.15) is 11.5 Å². The van der Waals surface area contributed by atoms with E-state index >= 15 is 0 Å². The van der Waals surface area contributed by atoms with Crippen molar-refractivity contribution in [2.24, 2.45) is 0 Å². The molecule has 0 saturated heterocycles. The Kier molecular flexibility index (Phi) is 6.82. The smallest absolute Gasteiger partial charge is 0.320 e. The molecule has 2 amide bonds. The topological polar surface area (TPSA) is 79.6 Å². The van der Waals surface area contributed by atoms with Crippen molar-refractivity contribution in [3.05, 3.63) is 41.7 Å². The highest BCUT2D eigenvalue weighted by atomic mass is 16.5. The molecule has 0 aliphatic rings. The van der Waals surface area contributed by atoms with E-state index in [0.717, 1.165) is 24.4 Å². The third kappa shape index (κ3) is 5.22. The number of urea groups is 1. The van der Waals surface area contributed by atoms with Gasteiger partial charge in [-0.15, -0.1) is 0 Å². The summed E-state index contributed by atoms with van der Waals surface area (Å²) in [5.41, 5.74) is 1.10. The summed E-state index contributed by atoms with van der Waals surface area (Å²) >= 11 is 0. The molecule has 1 atom stereocenters. The molecular weight excluding hydrogens is 320 g/mol. The first-order valence-electron chi connectivity index (χ1n) is 8.43. The summed E-state index contributed by atoms with van der Waals surface area (Å²) in [5.74, 6) is 1.85. The summed E-state index contributed by atoms with van der Waals surface area (Å²) < 4.78 is 10.3. The van der Waals surface area contributed by atoms with Crippen LogP contribution in [0.1, 0.15) is 31.2 Å². The van der Waals surface area contributed by atoms with E-state index in [1.54, 1.807) is 20.1 Å². The molecule has 0 aliphatic carbocycles. The number of ether oxygens (including phenoxy) is 1. The fourth-order valence-corrected chi connectivity index (χ4v) is 2.75. The fraction of sp³-hybridized carbons (Fsp3) is 0.444. The lowest BCUT2D eigenvalue weighted by atomic mass is 10.0. The lowest BCUT2D eigenvalue weighted by Gasteiger charge is -2.30. The van der Waals surface area contributed by atoms with Crippen molar-refractivity contribution in [1.29, 1.82) is 0 Å². The largest absolute Gasteiger partial charge is 0.497 e. The maximum Gasteiger partial charge on any atom is 0.320 e. The van der Waals surface area contributed by atoms with Gasteiger partial charge in [0.05, 0.1) is 13.2 Å². The number of benzene rings is 1. The Morgan fingerprint density at radius 2 is 2.08 bits per heavy atom. The highest BCUT2D eigenvalue weighted by Gasteiger charge is 2.19. The van der Waals surface area contributed by atoms with Crippen LogP contribution in [0.4, 0.5) is 10.6 Å². The van der Waals surface area contributed by atoms with Crippen LogP contribution in [0.15, 0.2) is 34.9 Å². The van der Waals surface area contributed by atoms with E-state index in [1.165, 1.54) is 0 Å². The first-order valence-corrected chi connectivity index (χ1v) is 8.43. The van der Waals surface area contributed by atoms with Gasteiger partial charge in [-0.1, -0.05) is 31.1 Å². The van der Waals surface area contributed by atoms with E-state index in [1.807, 2.05) is 24.3 Å². The predicted molar refractivity (Wildman–Crippen MR) is 96.9 cm³/mol.